The van der Waals surface area contributed by atoms with E-state index in [0.717, 1.165) is 23.0 Å². The van der Waals surface area contributed by atoms with Gasteiger partial charge in [0.1, 0.15) is 5.65 Å². The summed E-state index contributed by atoms with van der Waals surface area (Å²) in [6.07, 6.45) is 9.54. The number of amides is 1. The molecule has 0 fully saturated rings. The molecule has 1 amide bonds. The number of hydrogen-bond donors (Lipinski definition) is 2. The van der Waals surface area contributed by atoms with Crippen LogP contribution in [-0.4, -0.2) is 43.8 Å². The van der Waals surface area contributed by atoms with Crippen LogP contribution >= 0.6 is 0 Å². The van der Waals surface area contributed by atoms with Gasteiger partial charge < -0.3 is 15.6 Å². The van der Waals surface area contributed by atoms with Crippen molar-refractivity contribution in [1.82, 2.24) is 24.8 Å². The van der Waals surface area contributed by atoms with Crippen molar-refractivity contribution >= 4 is 28.3 Å². The van der Waals surface area contributed by atoms with E-state index >= 15 is 0 Å². The summed E-state index contributed by atoms with van der Waals surface area (Å²) < 4.78 is 0. The average molecular weight is 320 g/mol. The van der Waals surface area contributed by atoms with Crippen LogP contribution in [0.2, 0.25) is 0 Å². The lowest BCUT2D eigenvalue weighted by Crippen LogP contribution is -2.35. The monoisotopic (exact) mass is 320 g/mol. The molecule has 4 rings (SSSR count). The molecule has 3 N–H and O–H groups in total. The minimum atomic E-state index is -0.184. The Morgan fingerprint density at radius 1 is 1.21 bits per heavy atom. The van der Waals surface area contributed by atoms with Crippen LogP contribution in [0.15, 0.2) is 43.0 Å². The lowest BCUT2D eigenvalue weighted by molar-refractivity contribution is 0.0768. The zero-order valence-corrected chi connectivity index (χ0v) is 12.9. The van der Waals surface area contributed by atoms with Crippen molar-refractivity contribution in [3.8, 4) is 0 Å². The molecule has 0 unspecified atom stereocenters. The minimum Gasteiger partial charge on any atom is -0.382 e. The second-order valence-corrected chi connectivity index (χ2v) is 5.62. The lowest BCUT2D eigenvalue weighted by Gasteiger charge is -2.26. The molecule has 120 valence electrons. The van der Waals surface area contributed by atoms with Crippen molar-refractivity contribution in [2.45, 2.75) is 6.42 Å². The first-order valence-corrected chi connectivity index (χ1v) is 7.71. The first-order valence-electron chi connectivity index (χ1n) is 7.71. The van der Waals surface area contributed by atoms with Crippen molar-refractivity contribution in [1.29, 1.82) is 0 Å². The Kier molecular flexibility index (Phi) is 3.45. The highest BCUT2D eigenvalue weighted by molar-refractivity contribution is 5.97. The highest BCUT2D eigenvalue weighted by Gasteiger charge is 2.23. The maximum Gasteiger partial charge on any atom is 0.276 e. The summed E-state index contributed by atoms with van der Waals surface area (Å²) >= 11 is 0. The van der Waals surface area contributed by atoms with Crippen LogP contribution in [0, 0.1) is 0 Å². The van der Waals surface area contributed by atoms with Crippen molar-refractivity contribution in [3.63, 3.8) is 0 Å². The number of aromatic amines is 1. The number of nitrogens with one attached hydrogen (secondary N) is 1. The first kappa shape index (κ1) is 14.4. The highest BCUT2D eigenvalue weighted by atomic mass is 16.2. The van der Waals surface area contributed by atoms with E-state index in [1.54, 1.807) is 11.1 Å². The Morgan fingerprint density at radius 3 is 2.88 bits per heavy atom. The number of fused-ring (bicyclic) bond motifs is 1. The van der Waals surface area contributed by atoms with Gasteiger partial charge >= 0.3 is 0 Å². The third kappa shape index (κ3) is 2.40. The van der Waals surface area contributed by atoms with Crippen LogP contribution in [0.5, 0.6) is 0 Å². The first-order chi connectivity index (χ1) is 11.7. The molecule has 0 saturated heterocycles. The predicted molar refractivity (Wildman–Crippen MR) is 91.0 cm³/mol. The molecule has 4 heterocycles. The second kappa shape index (κ2) is 5.77. The van der Waals surface area contributed by atoms with Gasteiger partial charge in [-0.2, -0.15) is 0 Å². The standard InChI is InChI=1S/C17H16N6O/c18-15-14(19-6-7-20-15)17(24)23-8-3-11(4-9-23)13-10-22-16-12(13)2-1-5-21-16/h1-3,5-7,10H,4,8-9H2,(H2,18,20)(H,21,22). The normalized spacial score (nSPS) is 14.7. The molecule has 0 atom stereocenters. The van der Waals surface area contributed by atoms with Gasteiger partial charge in [0.05, 0.1) is 0 Å². The van der Waals surface area contributed by atoms with Gasteiger partial charge in [0.2, 0.25) is 0 Å². The number of nitrogen functional groups attached to an aromatic ring is 1. The van der Waals surface area contributed by atoms with E-state index in [9.17, 15) is 4.79 Å². The smallest absolute Gasteiger partial charge is 0.276 e. The van der Waals surface area contributed by atoms with Crippen molar-refractivity contribution in [3.05, 3.63) is 54.3 Å². The summed E-state index contributed by atoms with van der Waals surface area (Å²) in [4.78, 5) is 29.7. The fourth-order valence-corrected chi connectivity index (χ4v) is 2.98. The molecule has 0 saturated carbocycles. The van der Waals surface area contributed by atoms with Gasteiger partial charge in [-0.3, -0.25) is 4.79 Å². The Bertz CT molecular complexity index is 945. The number of anilines is 1. The molecule has 0 spiro atoms. The lowest BCUT2D eigenvalue weighted by atomic mass is 9.99. The Hall–Kier alpha value is -3.22. The average Bonchev–Trinajstić information content (AvgIpc) is 3.06. The molecule has 0 bridgehead atoms. The van der Waals surface area contributed by atoms with Crippen LogP contribution in [0.25, 0.3) is 16.6 Å². The molecule has 24 heavy (non-hydrogen) atoms. The molecule has 0 aliphatic carbocycles. The third-order valence-electron chi connectivity index (χ3n) is 4.22. The minimum absolute atomic E-state index is 0.167. The van der Waals surface area contributed by atoms with Crippen LogP contribution in [0.1, 0.15) is 22.5 Å². The van der Waals surface area contributed by atoms with Crippen LogP contribution in [-0.2, 0) is 0 Å². The Labute approximate surface area is 138 Å². The molecule has 3 aromatic heterocycles. The predicted octanol–water partition coefficient (Wildman–Crippen LogP) is 1.86. The maximum absolute atomic E-state index is 12.5. The number of H-pyrrole nitrogens is 1. The summed E-state index contributed by atoms with van der Waals surface area (Å²) in [5.74, 6) is -0.0172. The number of nitrogens with two attached hydrogens (primary N) is 1. The van der Waals surface area contributed by atoms with Crippen LogP contribution in [0.4, 0.5) is 5.82 Å². The SMILES string of the molecule is Nc1nccnc1C(=O)N1CC=C(c2c[nH]c3ncccc23)CC1. The summed E-state index contributed by atoms with van der Waals surface area (Å²) in [7, 11) is 0. The molecule has 3 aromatic rings. The fourth-order valence-electron chi connectivity index (χ4n) is 2.98. The number of aromatic nitrogens is 4. The largest absolute Gasteiger partial charge is 0.382 e. The van der Waals surface area contributed by atoms with Crippen molar-refractivity contribution < 1.29 is 4.79 Å². The van der Waals surface area contributed by atoms with E-state index in [4.69, 9.17) is 5.73 Å². The van der Waals surface area contributed by atoms with Gasteiger partial charge in [-0.05, 0) is 24.1 Å². The number of hydrogen-bond acceptors (Lipinski definition) is 5. The number of carbonyl (C=O) groups is 1. The zero-order chi connectivity index (χ0) is 16.5. The van der Waals surface area contributed by atoms with E-state index in [2.05, 4.69) is 26.0 Å². The molecule has 1 aliphatic rings. The molecular formula is C17H16N6O. The second-order valence-electron chi connectivity index (χ2n) is 5.62. The van der Waals surface area contributed by atoms with Gasteiger partial charge in [0.15, 0.2) is 11.5 Å². The molecule has 0 radical (unpaired) electrons. The van der Waals surface area contributed by atoms with E-state index in [0.29, 0.717) is 13.1 Å². The van der Waals surface area contributed by atoms with Gasteiger partial charge in [0.25, 0.3) is 5.91 Å². The molecular weight excluding hydrogens is 304 g/mol. The Morgan fingerprint density at radius 2 is 2.08 bits per heavy atom. The summed E-state index contributed by atoms with van der Waals surface area (Å²) in [5, 5.41) is 1.10. The molecule has 7 heteroatoms. The summed E-state index contributed by atoms with van der Waals surface area (Å²) in [6.45, 7) is 1.14. The molecule has 1 aliphatic heterocycles. The van der Waals surface area contributed by atoms with Crippen LogP contribution < -0.4 is 5.73 Å². The van der Waals surface area contributed by atoms with Crippen molar-refractivity contribution in [2.24, 2.45) is 0 Å². The summed E-state index contributed by atoms with van der Waals surface area (Å²) in [6, 6.07) is 3.97. The third-order valence-corrected chi connectivity index (χ3v) is 4.22. The van der Waals surface area contributed by atoms with E-state index in [-0.39, 0.29) is 17.4 Å². The maximum atomic E-state index is 12.5. The number of nitrogens with zero attached hydrogens (tertiary/aromatic N) is 4. The van der Waals surface area contributed by atoms with Crippen LogP contribution in [0.3, 0.4) is 0 Å². The number of carbonyl (C=O) groups excluding carboxylic acids is 1. The molecule has 7 nitrogen and oxygen atoms in total. The van der Waals surface area contributed by atoms with E-state index in [1.807, 2.05) is 18.3 Å². The van der Waals surface area contributed by atoms with Crippen molar-refractivity contribution in [2.75, 3.05) is 18.8 Å². The summed E-state index contributed by atoms with van der Waals surface area (Å²) in [5.41, 5.74) is 9.19. The van der Waals surface area contributed by atoms with Gasteiger partial charge in [0, 0.05) is 48.8 Å². The number of rotatable bonds is 2. The zero-order valence-electron chi connectivity index (χ0n) is 12.9. The fraction of sp³-hybridized carbons (Fsp3) is 0.176. The number of pyridine rings is 1. The quantitative estimate of drug-likeness (QED) is 0.750. The topological polar surface area (TPSA) is 101 Å². The van der Waals surface area contributed by atoms with Gasteiger partial charge in [-0.15, -0.1) is 0 Å². The van der Waals surface area contributed by atoms with Gasteiger partial charge in [-0.25, -0.2) is 15.0 Å². The van der Waals surface area contributed by atoms with Gasteiger partial charge in [-0.1, -0.05) is 6.08 Å². The van der Waals surface area contributed by atoms with E-state index in [1.165, 1.54) is 18.0 Å². The van der Waals surface area contributed by atoms with E-state index < -0.39 is 0 Å². The molecule has 0 aromatic carbocycles. The highest BCUT2D eigenvalue weighted by Crippen LogP contribution is 2.28. The Balaban J connectivity index is 1.57.